The van der Waals surface area contributed by atoms with Crippen molar-refractivity contribution in [2.24, 2.45) is 5.92 Å². The number of hydrogen-bond donors (Lipinski definition) is 0. The molecule has 1 heterocycles. The van der Waals surface area contributed by atoms with Crippen LogP contribution in [-0.4, -0.2) is 5.97 Å². The normalized spacial score (nSPS) is 14.9. The van der Waals surface area contributed by atoms with Crippen LogP contribution in [0.5, 0.6) is 5.75 Å². The summed E-state index contributed by atoms with van der Waals surface area (Å²) in [5.41, 5.74) is 2.74. The first kappa shape index (κ1) is 18.5. The minimum absolute atomic E-state index is 0.0218. The molecule has 1 aliphatic carbocycles. The van der Waals surface area contributed by atoms with E-state index in [1.54, 1.807) is 12.1 Å². The number of esters is 1. The molecule has 1 fully saturated rings. The molecule has 2 aromatic carbocycles. The van der Waals surface area contributed by atoms with Gasteiger partial charge >= 0.3 is 11.6 Å². The monoisotopic (exact) mass is 376 g/mol. The molecule has 0 N–H and O–H groups in total. The van der Waals surface area contributed by atoms with E-state index in [-0.39, 0.29) is 17.5 Å². The highest BCUT2D eigenvalue weighted by Crippen LogP contribution is 2.28. The molecule has 144 valence electrons. The Morgan fingerprint density at radius 3 is 2.57 bits per heavy atom. The van der Waals surface area contributed by atoms with Crippen LogP contribution in [-0.2, 0) is 11.2 Å². The molecule has 0 amide bonds. The fraction of sp³-hybridized carbons (Fsp3) is 0.333. The van der Waals surface area contributed by atoms with E-state index in [1.807, 2.05) is 43.3 Å². The van der Waals surface area contributed by atoms with Crippen molar-refractivity contribution in [3.63, 3.8) is 0 Å². The van der Waals surface area contributed by atoms with Crippen molar-refractivity contribution < 1.29 is 13.9 Å². The number of benzene rings is 2. The van der Waals surface area contributed by atoms with Crippen molar-refractivity contribution in [2.45, 2.75) is 45.4 Å². The van der Waals surface area contributed by atoms with Gasteiger partial charge in [0.1, 0.15) is 11.3 Å². The van der Waals surface area contributed by atoms with Gasteiger partial charge in [0.15, 0.2) is 0 Å². The molecule has 28 heavy (non-hydrogen) atoms. The summed E-state index contributed by atoms with van der Waals surface area (Å²) in [5.74, 6) is 0.228. The third kappa shape index (κ3) is 3.86. The molecule has 0 saturated heterocycles. The van der Waals surface area contributed by atoms with Gasteiger partial charge in [-0.25, -0.2) is 4.79 Å². The molecule has 4 rings (SSSR count). The topological polar surface area (TPSA) is 56.5 Å². The van der Waals surface area contributed by atoms with Crippen molar-refractivity contribution in [3.05, 3.63) is 75.6 Å². The van der Waals surface area contributed by atoms with E-state index in [4.69, 9.17) is 9.15 Å². The van der Waals surface area contributed by atoms with Gasteiger partial charge in [-0.3, -0.25) is 4.79 Å². The predicted octanol–water partition coefficient (Wildman–Crippen LogP) is 5.18. The maximum absolute atomic E-state index is 12.6. The third-order valence-corrected chi connectivity index (χ3v) is 5.64. The second kappa shape index (κ2) is 8.01. The van der Waals surface area contributed by atoms with Gasteiger partial charge in [-0.15, -0.1) is 0 Å². The molecule has 3 aromatic rings. The smallest absolute Gasteiger partial charge is 0.340 e. The molecular weight excluding hydrogens is 352 g/mol. The Morgan fingerprint density at radius 2 is 1.82 bits per heavy atom. The molecule has 4 nitrogen and oxygen atoms in total. The fourth-order valence-electron chi connectivity index (χ4n) is 3.98. The van der Waals surface area contributed by atoms with Crippen LogP contribution >= 0.6 is 0 Å². The van der Waals surface area contributed by atoms with Crippen LogP contribution in [0.4, 0.5) is 0 Å². The van der Waals surface area contributed by atoms with E-state index in [9.17, 15) is 9.59 Å². The molecule has 4 heteroatoms. The number of hydrogen-bond acceptors (Lipinski definition) is 4. The van der Waals surface area contributed by atoms with Crippen LogP contribution in [0.2, 0.25) is 0 Å². The predicted molar refractivity (Wildman–Crippen MR) is 109 cm³/mol. The first-order valence-electron chi connectivity index (χ1n) is 9.94. The zero-order valence-electron chi connectivity index (χ0n) is 16.1. The summed E-state index contributed by atoms with van der Waals surface area (Å²) in [6.07, 6.45) is 5.66. The van der Waals surface area contributed by atoms with E-state index in [0.29, 0.717) is 23.3 Å². The quantitative estimate of drug-likeness (QED) is 0.358. The van der Waals surface area contributed by atoms with Crippen molar-refractivity contribution in [2.75, 3.05) is 0 Å². The number of rotatable bonds is 4. The molecule has 1 aliphatic rings. The summed E-state index contributed by atoms with van der Waals surface area (Å²) in [4.78, 5) is 24.9. The Bertz CT molecular complexity index is 1040. The minimum atomic E-state index is -0.343. The van der Waals surface area contributed by atoms with E-state index < -0.39 is 0 Å². The van der Waals surface area contributed by atoms with Crippen LogP contribution in [0.25, 0.3) is 11.0 Å². The summed E-state index contributed by atoms with van der Waals surface area (Å²) in [7, 11) is 0. The molecule has 0 spiro atoms. The standard InChI is InChI=1S/C24H24O4/c1-16-20-13-12-19(27-23(25)18-10-6-3-7-11-18)15-22(20)28-24(26)21(16)14-17-8-4-2-5-9-17/h2,4-5,8-9,12-13,15,18H,3,6-7,10-11,14H2,1H3. The van der Waals surface area contributed by atoms with Gasteiger partial charge in [0.05, 0.1) is 5.92 Å². The number of carbonyl (C=O) groups excluding carboxylic acids is 1. The van der Waals surface area contributed by atoms with E-state index in [2.05, 4.69) is 0 Å². The largest absolute Gasteiger partial charge is 0.426 e. The second-order valence-corrected chi connectivity index (χ2v) is 7.57. The zero-order valence-corrected chi connectivity index (χ0v) is 16.1. The van der Waals surface area contributed by atoms with Crippen molar-refractivity contribution in [3.8, 4) is 5.75 Å². The zero-order chi connectivity index (χ0) is 19.5. The Morgan fingerprint density at radius 1 is 1.07 bits per heavy atom. The fourth-order valence-corrected chi connectivity index (χ4v) is 3.98. The van der Waals surface area contributed by atoms with E-state index >= 15 is 0 Å². The summed E-state index contributed by atoms with van der Waals surface area (Å²) >= 11 is 0. The maximum Gasteiger partial charge on any atom is 0.340 e. The average Bonchev–Trinajstić information content (AvgIpc) is 2.72. The van der Waals surface area contributed by atoms with Crippen molar-refractivity contribution in [1.82, 2.24) is 0 Å². The lowest BCUT2D eigenvalue weighted by Gasteiger charge is -2.19. The van der Waals surface area contributed by atoms with Gasteiger partial charge in [-0.05, 0) is 43.0 Å². The van der Waals surface area contributed by atoms with Crippen LogP contribution in [0.1, 0.15) is 48.8 Å². The molecular formula is C24H24O4. The highest BCUT2D eigenvalue weighted by atomic mass is 16.5. The van der Waals surface area contributed by atoms with E-state index in [1.165, 1.54) is 6.42 Å². The van der Waals surface area contributed by atoms with Gasteiger partial charge in [0.25, 0.3) is 0 Å². The summed E-state index contributed by atoms with van der Waals surface area (Å²) < 4.78 is 11.1. The Hall–Kier alpha value is -2.88. The van der Waals surface area contributed by atoms with Gasteiger partial charge in [0, 0.05) is 23.4 Å². The molecule has 0 atom stereocenters. The number of fused-ring (bicyclic) bond motifs is 1. The molecule has 0 bridgehead atoms. The van der Waals surface area contributed by atoms with Crippen molar-refractivity contribution >= 4 is 16.9 Å². The molecule has 0 radical (unpaired) electrons. The average molecular weight is 376 g/mol. The first-order chi connectivity index (χ1) is 13.6. The maximum atomic E-state index is 12.6. The summed E-state index contributed by atoms with van der Waals surface area (Å²) in [5, 5.41) is 0.864. The van der Waals surface area contributed by atoms with Crippen LogP contribution in [0, 0.1) is 12.8 Å². The van der Waals surface area contributed by atoms with Crippen molar-refractivity contribution in [1.29, 1.82) is 0 Å². The Balaban J connectivity index is 1.61. The van der Waals surface area contributed by atoms with Gasteiger partial charge in [0.2, 0.25) is 0 Å². The minimum Gasteiger partial charge on any atom is -0.426 e. The van der Waals surface area contributed by atoms with E-state index in [0.717, 1.165) is 42.2 Å². The Kier molecular flexibility index (Phi) is 5.29. The van der Waals surface area contributed by atoms with Crippen LogP contribution < -0.4 is 10.4 Å². The Labute approximate surface area is 164 Å². The molecule has 0 unspecified atom stereocenters. The molecule has 0 aliphatic heterocycles. The lowest BCUT2D eigenvalue weighted by molar-refractivity contribution is -0.139. The number of carbonyl (C=O) groups is 1. The first-order valence-corrected chi connectivity index (χ1v) is 9.94. The van der Waals surface area contributed by atoms with Gasteiger partial charge < -0.3 is 9.15 Å². The molecule has 1 saturated carbocycles. The second-order valence-electron chi connectivity index (χ2n) is 7.57. The highest BCUT2D eigenvalue weighted by molar-refractivity contribution is 5.83. The number of aryl methyl sites for hydroxylation is 1. The summed E-state index contributed by atoms with van der Waals surface area (Å²) in [6.45, 7) is 1.94. The van der Waals surface area contributed by atoms with Gasteiger partial charge in [-0.2, -0.15) is 0 Å². The summed E-state index contributed by atoms with van der Waals surface area (Å²) in [6, 6.07) is 15.2. The molecule has 1 aromatic heterocycles. The third-order valence-electron chi connectivity index (χ3n) is 5.64. The highest BCUT2D eigenvalue weighted by Gasteiger charge is 2.23. The SMILES string of the molecule is Cc1c(Cc2ccccc2)c(=O)oc2cc(OC(=O)C3CCCCC3)ccc12. The number of ether oxygens (including phenoxy) is 1. The van der Waals surface area contributed by atoms with Crippen LogP contribution in [0.3, 0.4) is 0 Å². The van der Waals surface area contributed by atoms with Crippen LogP contribution in [0.15, 0.2) is 57.7 Å². The lowest BCUT2D eigenvalue weighted by atomic mass is 9.89. The van der Waals surface area contributed by atoms with Gasteiger partial charge in [-0.1, -0.05) is 49.6 Å². The lowest BCUT2D eigenvalue weighted by Crippen LogP contribution is -2.22.